The lowest BCUT2D eigenvalue weighted by Gasteiger charge is -2.33. The Morgan fingerprint density at radius 1 is 1.03 bits per heavy atom. The minimum absolute atomic E-state index is 0.129. The highest BCUT2D eigenvalue weighted by molar-refractivity contribution is 7.90. The first-order valence-corrected chi connectivity index (χ1v) is 11.9. The molecule has 0 fully saturated rings. The number of carbonyl (C=O) groups excluding carboxylic acids is 2. The predicted molar refractivity (Wildman–Crippen MR) is 126 cm³/mol. The van der Waals surface area contributed by atoms with Crippen molar-refractivity contribution in [3.05, 3.63) is 65.5 Å². The Labute approximate surface area is 195 Å². The number of hydrogen-bond acceptors (Lipinski definition) is 4. The number of likely N-dealkylation sites (N-methyl/N-ethyl adjacent to an activating group) is 1. The third kappa shape index (κ3) is 6.52. The molecule has 0 heterocycles. The van der Waals surface area contributed by atoms with Gasteiger partial charge in [0.15, 0.2) is 0 Å². The van der Waals surface area contributed by atoms with E-state index in [0.717, 1.165) is 31.9 Å². The van der Waals surface area contributed by atoms with Gasteiger partial charge in [0.1, 0.15) is 18.4 Å². The van der Waals surface area contributed by atoms with E-state index in [-0.39, 0.29) is 18.1 Å². The van der Waals surface area contributed by atoms with Crippen LogP contribution in [0, 0.1) is 12.7 Å². The van der Waals surface area contributed by atoms with Crippen molar-refractivity contribution in [1.29, 1.82) is 0 Å². The van der Waals surface area contributed by atoms with Gasteiger partial charge in [-0.1, -0.05) is 36.8 Å². The number of rotatable bonds is 10. The fraction of sp³-hybridized carbons (Fsp3) is 0.391. The minimum atomic E-state index is -4.07. The monoisotopic (exact) mass is 478 g/mol. The largest absolute Gasteiger partial charge is 0.357 e. The Balaban J connectivity index is 2.47. The van der Waals surface area contributed by atoms with E-state index in [4.69, 9.17) is 0 Å². The molecule has 1 atom stereocenters. The van der Waals surface area contributed by atoms with Crippen molar-refractivity contribution < 1.29 is 22.4 Å². The highest BCUT2D eigenvalue weighted by atomic mass is 32.2. The first-order valence-electron chi connectivity index (χ1n) is 10.5. The van der Waals surface area contributed by atoms with Crippen LogP contribution in [0.2, 0.25) is 0 Å². The minimum Gasteiger partial charge on any atom is -0.357 e. The van der Waals surface area contributed by atoms with Crippen LogP contribution in [0.3, 0.4) is 0 Å². The van der Waals surface area contributed by atoms with E-state index >= 15 is 0 Å². The van der Waals surface area contributed by atoms with Crippen molar-refractivity contribution in [2.75, 3.05) is 32.0 Å². The molecule has 2 amide bonds. The van der Waals surface area contributed by atoms with E-state index in [2.05, 4.69) is 5.32 Å². The van der Waals surface area contributed by atoms with Gasteiger partial charge in [-0.15, -0.1) is 0 Å². The first-order chi connectivity index (χ1) is 15.5. The SMILES string of the molecule is CC[C@H](C(=O)NC)N(Cc1ccc(C)cc1)C(=O)CN(c1ccc(F)cc1)S(=O)(=O)N(C)C. The van der Waals surface area contributed by atoms with Crippen LogP contribution in [0.25, 0.3) is 0 Å². The average Bonchev–Trinajstić information content (AvgIpc) is 2.78. The molecule has 0 saturated heterocycles. The number of benzene rings is 2. The number of carbonyl (C=O) groups is 2. The molecule has 10 heteroatoms. The van der Waals surface area contributed by atoms with E-state index < -0.39 is 34.5 Å². The van der Waals surface area contributed by atoms with E-state index in [0.29, 0.717) is 6.42 Å². The summed E-state index contributed by atoms with van der Waals surface area (Å²) in [7, 11) is 0.107. The number of nitrogens with zero attached hydrogens (tertiary/aromatic N) is 3. The van der Waals surface area contributed by atoms with Gasteiger partial charge < -0.3 is 10.2 Å². The van der Waals surface area contributed by atoms with Crippen LogP contribution >= 0.6 is 0 Å². The molecular formula is C23H31FN4O4S. The maximum absolute atomic E-state index is 13.5. The maximum atomic E-state index is 13.5. The lowest BCUT2D eigenvalue weighted by Crippen LogP contribution is -2.52. The Kier molecular flexibility index (Phi) is 8.95. The van der Waals surface area contributed by atoms with E-state index in [1.165, 1.54) is 38.2 Å². The second kappa shape index (κ2) is 11.2. The Bertz CT molecular complexity index is 1060. The second-order valence-electron chi connectivity index (χ2n) is 7.82. The summed E-state index contributed by atoms with van der Waals surface area (Å²) in [5, 5.41) is 2.57. The van der Waals surface area contributed by atoms with Crippen molar-refractivity contribution in [2.45, 2.75) is 32.9 Å². The summed E-state index contributed by atoms with van der Waals surface area (Å²) < 4.78 is 41.3. The molecule has 0 aliphatic carbocycles. The van der Waals surface area contributed by atoms with Crippen molar-refractivity contribution in [1.82, 2.24) is 14.5 Å². The van der Waals surface area contributed by atoms with Crippen molar-refractivity contribution in [3.8, 4) is 0 Å². The molecule has 8 nitrogen and oxygen atoms in total. The number of nitrogens with one attached hydrogen (secondary N) is 1. The van der Waals surface area contributed by atoms with Gasteiger partial charge in [-0.3, -0.25) is 9.59 Å². The zero-order valence-electron chi connectivity index (χ0n) is 19.6. The van der Waals surface area contributed by atoms with Gasteiger partial charge >= 0.3 is 10.2 Å². The molecule has 33 heavy (non-hydrogen) atoms. The summed E-state index contributed by atoms with van der Waals surface area (Å²) in [5.74, 6) is -1.43. The molecule has 0 aliphatic heterocycles. The van der Waals surface area contributed by atoms with Crippen molar-refractivity contribution in [3.63, 3.8) is 0 Å². The quantitative estimate of drug-likeness (QED) is 0.568. The highest BCUT2D eigenvalue weighted by Crippen LogP contribution is 2.21. The highest BCUT2D eigenvalue weighted by Gasteiger charge is 2.33. The number of aryl methyl sites for hydroxylation is 1. The van der Waals surface area contributed by atoms with Crippen LogP contribution in [-0.4, -0.2) is 63.2 Å². The first kappa shape index (κ1) is 26.3. The number of halogens is 1. The molecule has 0 radical (unpaired) electrons. The molecule has 2 aromatic carbocycles. The molecular weight excluding hydrogens is 447 g/mol. The summed E-state index contributed by atoms with van der Waals surface area (Å²) in [4.78, 5) is 27.4. The molecule has 0 aliphatic rings. The maximum Gasteiger partial charge on any atom is 0.304 e. The molecule has 180 valence electrons. The summed E-state index contributed by atoms with van der Waals surface area (Å²) in [6, 6.07) is 11.6. The van der Waals surface area contributed by atoms with E-state index in [1.807, 2.05) is 31.2 Å². The molecule has 0 bridgehead atoms. The molecule has 2 aromatic rings. The van der Waals surface area contributed by atoms with E-state index in [9.17, 15) is 22.4 Å². The average molecular weight is 479 g/mol. The normalized spacial score (nSPS) is 12.3. The van der Waals surface area contributed by atoms with Gasteiger partial charge in [0.2, 0.25) is 11.8 Å². The van der Waals surface area contributed by atoms with Crippen molar-refractivity contribution >= 4 is 27.7 Å². The summed E-state index contributed by atoms with van der Waals surface area (Å²) in [6.45, 7) is 3.30. The second-order valence-corrected chi connectivity index (χ2v) is 9.89. The summed E-state index contributed by atoms with van der Waals surface area (Å²) >= 11 is 0. The fourth-order valence-electron chi connectivity index (χ4n) is 3.30. The summed E-state index contributed by atoms with van der Waals surface area (Å²) in [6.07, 6.45) is 0.342. The van der Waals surface area contributed by atoms with Crippen LogP contribution in [0.4, 0.5) is 10.1 Å². The van der Waals surface area contributed by atoms with Crippen LogP contribution in [-0.2, 0) is 26.3 Å². The number of anilines is 1. The molecule has 0 spiro atoms. The van der Waals surface area contributed by atoms with E-state index in [1.54, 1.807) is 6.92 Å². The molecule has 1 N–H and O–H groups in total. The van der Waals surface area contributed by atoms with Gasteiger partial charge in [0.25, 0.3) is 0 Å². The third-order valence-corrected chi connectivity index (χ3v) is 7.06. The Hall–Kier alpha value is -2.98. The van der Waals surface area contributed by atoms with Gasteiger partial charge in [0, 0.05) is 27.7 Å². The lowest BCUT2D eigenvalue weighted by molar-refractivity contribution is -0.140. The molecule has 0 saturated carbocycles. The lowest BCUT2D eigenvalue weighted by atomic mass is 10.1. The third-order valence-electron chi connectivity index (χ3n) is 5.24. The molecule has 0 unspecified atom stereocenters. The zero-order chi connectivity index (χ0) is 24.8. The fourth-order valence-corrected chi connectivity index (χ4v) is 4.36. The van der Waals surface area contributed by atoms with Crippen LogP contribution in [0.1, 0.15) is 24.5 Å². The zero-order valence-corrected chi connectivity index (χ0v) is 20.4. The molecule has 0 aromatic heterocycles. The van der Waals surface area contributed by atoms with Gasteiger partial charge in [-0.25, -0.2) is 8.70 Å². The topological polar surface area (TPSA) is 90.0 Å². The van der Waals surface area contributed by atoms with Gasteiger partial charge in [-0.05, 0) is 43.2 Å². The number of amides is 2. The van der Waals surface area contributed by atoms with Crippen molar-refractivity contribution in [2.24, 2.45) is 0 Å². The van der Waals surface area contributed by atoms with Crippen LogP contribution in [0.5, 0.6) is 0 Å². The Morgan fingerprint density at radius 2 is 1.61 bits per heavy atom. The predicted octanol–water partition coefficient (Wildman–Crippen LogP) is 2.30. The standard InChI is InChI=1S/C23H31FN4O4S/c1-6-21(23(30)25-3)27(15-18-9-7-17(2)8-10-18)22(29)16-28(33(31,32)26(4)5)20-13-11-19(24)12-14-20/h7-14,21H,6,15-16H2,1-5H3,(H,25,30)/t21-/m1/s1. The Morgan fingerprint density at radius 3 is 2.09 bits per heavy atom. The number of hydrogen-bond donors (Lipinski definition) is 1. The summed E-state index contributed by atoms with van der Waals surface area (Å²) in [5.41, 5.74) is 2.00. The molecule has 2 rings (SSSR count). The smallest absolute Gasteiger partial charge is 0.304 e. The van der Waals surface area contributed by atoms with Gasteiger partial charge in [0.05, 0.1) is 5.69 Å². The van der Waals surface area contributed by atoms with Gasteiger partial charge in [-0.2, -0.15) is 12.7 Å². The van der Waals surface area contributed by atoms with Crippen LogP contribution in [0.15, 0.2) is 48.5 Å². The van der Waals surface area contributed by atoms with Crippen LogP contribution < -0.4 is 9.62 Å².